The number of benzene rings is 1. The first-order valence-electron chi connectivity index (χ1n) is 11.7. The summed E-state index contributed by atoms with van der Waals surface area (Å²) < 4.78 is 58.3. The van der Waals surface area contributed by atoms with Gasteiger partial charge < -0.3 is 10.2 Å². The molecule has 6 nitrogen and oxygen atoms in total. The number of alkyl halides is 3. The molecule has 0 bridgehead atoms. The van der Waals surface area contributed by atoms with Crippen LogP contribution in [0, 0.1) is 17.1 Å². The molecule has 0 saturated carbocycles. The smallest absolute Gasteiger partial charge is 0.333 e. The number of nitriles is 1. The number of carbonyl (C=O) groups excluding carboxylic acids is 1. The molecule has 0 unspecified atom stereocenters. The van der Waals surface area contributed by atoms with Gasteiger partial charge in [0, 0.05) is 53.3 Å². The van der Waals surface area contributed by atoms with Crippen LogP contribution in [0.25, 0.3) is 11.1 Å². The van der Waals surface area contributed by atoms with Gasteiger partial charge in [0.2, 0.25) is 5.91 Å². The van der Waals surface area contributed by atoms with E-state index in [4.69, 9.17) is 0 Å². The summed E-state index contributed by atoms with van der Waals surface area (Å²) in [6, 6.07) is 7.87. The molecule has 0 radical (unpaired) electrons. The molecule has 37 heavy (non-hydrogen) atoms. The molecule has 2 atom stereocenters. The molecule has 1 amide bonds. The lowest BCUT2D eigenvalue weighted by Gasteiger charge is -2.33. The third-order valence-corrected chi connectivity index (χ3v) is 7.44. The molecule has 3 heterocycles. The second-order valence-electron chi connectivity index (χ2n) is 8.76. The summed E-state index contributed by atoms with van der Waals surface area (Å²) in [5.41, 5.74) is -0.720. The van der Waals surface area contributed by atoms with Crippen molar-refractivity contribution in [1.82, 2.24) is 20.0 Å². The summed E-state index contributed by atoms with van der Waals surface area (Å²) >= 11 is 1.22. The minimum Gasteiger partial charge on any atom is -0.333 e. The van der Waals surface area contributed by atoms with E-state index in [0.717, 1.165) is 15.6 Å². The van der Waals surface area contributed by atoms with Gasteiger partial charge in [-0.2, -0.15) is 23.5 Å². The number of amides is 1. The van der Waals surface area contributed by atoms with Gasteiger partial charge in [0.05, 0.1) is 6.54 Å². The van der Waals surface area contributed by atoms with Gasteiger partial charge in [-0.25, -0.2) is 4.39 Å². The highest BCUT2D eigenvalue weighted by atomic mass is 32.1. The minimum absolute atomic E-state index is 0.0438. The first-order chi connectivity index (χ1) is 17.6. The van der Waals surface area contributed by atoms with Crippen LogP contribution in [0.2, 0.25) is 0 Å². The molecule has 2 aromatic heterocycles. The van der Waals surface area contributed by atoms with Crippen LogP contribution >= 0.6 is 11.3 Å². The highest BCUT2D eigenvalue weighted by Crippen LogP contribution is 2.45. The zero-order valence-corrected chi connectivity index (χ0v) is 21.3. The van der Waals surface area contributed by atoms with Crippen LogP contribution in [0.3, 0.4) is 0 Å². The van der Waals surface area contributed by atoms with E-state index in [1.165, 1.54) is 29.7 Å². The lowest BCUT2D eigenvalue weighted by molar-refractivity contribution is -0.141. The van der Waals surface area contributed by atoms with E-state index in [-0.39, 0.29) is 42.7 Å². The molecule has 0 spiro atoms. The molecule has 3 aromatic rings. The standard InChI is InChI=1S/C26H25F4N5OS/c1-4-35-13-20(25(33-35)26(28,29)30)24-17(6-5-7-21(24)27)19-12-34(23(36)9-8-15(2)32-3)14-22-18(19)10-16(11-31)37-22/h5-10,13,15,19,32H,4,12,14H2,1-3H3/b9-8+/t15-,19-/m0/s1. The number of rotatable bonds is 6. The summed E-state index contributed by atoms with van der Waals surface area (Å²) in [7, 11) is 1.76. The van der Waals surface area contributed by atoms with Gasteiger partial charge in [0.25, 0.3) is 0 Å². The quantitative estimate of drug-likeness (QED) is 0.346. The number of likely N-dealkylation sites (N-methyl/N-ethyl adjacent to an activating group) is 1. The molecule has 1 N–H and O–H groups in total. The number of hydrogen-bond donors (Lipinski definition) is 1. The average Bonchev–Trinajstić information content (AvgIpc) is 3.50. The fraction of sp³-hybridized carbons (Fsp3) is 0.346. The molecule has 11 heteroatoms. The average molecular weight is 532 g/mol. The predicted molar refractivity (Wildman–Crippen MR) is 132 cm³/mol. The van der Waals surface area contributed by atoms with Crippen LogP contribution < -0.4 is 5.32 Å². The number of nitrogens with zero attached hydrogens (tertiary/aromatic N) is 4. The van der Waals surface area contributed by atoms with E-state index < -0.39 is 23.6 Å². The van der Waals surface area contributed by atoms with Gasteiger partial charge in [-0.05, 0) is 44.2 Å². The molecule has 194 valence electrons. The Morgan fingerprint density at radius 3 is 2.78 bits per heavy atom. The van der Waals surface area contributed by atoms with Gasteiger partial charge in [0.15, 0.2) is 5.69 Å². The summed E-state index contributed by atoms with van der Waals surface area (Å²) in [6.45, 7) is 4.07. The number of aryl methyl sites for hydroxylation is 1. The Morgan fingerprint density at radius 1 is 1.38 bits per heavy atom. The van der Waals surface area contributed by atoms with Gasteiger partial charge >= 0.3 is 6.18 Å². The van der Waals surface area contributed by atoms with Gasteiger partial charge in [0.1, 0.15) is 16.8 Å². The van der Waals surface area contributed by atoms with Crippen LogP contribution in [0.15, 0.2) is 42.6 Å². The topological polar surface area (TPSA) is 74.0 Å². The maximum atomic E-state index is 15.4. The van der Waals surface area contributed by atoms with Crippen LogP contribution in [0.4, 0.5) is 17.6 Å². The summed E-state index contributed by atoms with van der Waals surface area (Å²) in [5, 5.41) is 16.2. The highest BCUT2D eigenvalue weighted by molar-refractivity contribution is 7.12. The number of halogens is 4. The van der Waals surface area contributed by atoms with Gasteiger partial charge in [-0.3, -0.25) is 9.48 Å². The van der Waals surface area contributed by atoms with Crippen LogP contribution in [-0.4, -0.2) is 40.2 Å². The number of fused-ring (bicyclic) bond motifs is 1. The van der Waals surface area contributed by atoms with Crippen molar-refractivity contribution in [3.63, 3.8) is 0 Å². The first-order valence-corrected chi connectivity index (χ1v) is 12.5. The molecule has 1 aliphatic rings. The van der Waals surface area contributed by atoms with Crippen molar-refractivity contribution in [1.29, 1.82) is 5.26 Å². The van der Waals surface area contributed by atoms with Crippen molar-refractivity contribution >= 4 is 17.2 Å². The lowest BCUT2D eigenvalue weighted by atomic mass is 9.83. The maximum absolute atomic E-state index is 15.4. The Morgan fingerprint density at radius 2 is 2.14 bits per heavy atom. The number of thiophene rings is 1. The summed E-state index contributed by atoms with van der Waals surface area (Å²) in [5.74, 6) is -1.74. The Labute approximate surface area is 215 Å². The molecule has 0 saturated heterocycles. The van der Waals surface area contributed by atoms with E-state index in [9.17, 15) is 23.2 Å². The fourth-order valence-corrected chi connectivity index (χ4v) is 5.46. The van der Waals surface area contributed by atoms with E-state index in [1.807, 2.05) is 6.92 Å². The number of aromatic nitrogens is 2. The second kappa shape index (κ2) is 10.5. The minimum atomic E-state index is -4.79. The molecule has 1 aromatic carbocycles. The second-order valence-corrected chi connectivity index (χ2v) is 9.89. The van der Waals surface area contributed by atoms with Crippen molar-refractivity contribution in [2.24, 2.45) is 0 Å². The van der Waals surface area contributed by atoms with Crippen LogP contribution in [-0.2, 0) is 24.1 Å². The maximum Gasteiger partial charge on any atom is 0.435 e. The number of nitrogens with one attached hydrogen (secondary N) is 1. The third kappa shape index (κ3) is 5.31. The summed E-state index contributed by atoms with van der Waals surface area (Å²) in [6.07, 6.45) is -0.431. The van der Waals surface area contributed by atoms with E-state index >= 15 is 4.39 Å². The van der Waals surface area contributed by atoms with Gasteiger partial charge in [-0.1, -0.05) is 18.2 Å². The molecular weight excluding hydrogens is 506 g/mol. The molecule has 1 aliphatic heterocycles. The molecule has 0 fully saturated rings. The molecule has 4 rings (SSSR count). The molecular formula is C26H25F4N5OS. The Balaban J connectivity index is 1.87. The number of carbonyl (C=O) groups is 1. The van der Waals surface area contributed by atoms with Gasteiger partial charge in [-0.15, -0.1) is 11.3 Å². The van der Waals surface area contributed by atoms with Crippen LogP contribution in [0.5, 0.6) is 0 Å². The summed E-state index contributed by atoms with van der Waals surface area (Å²) in [4.78, 5) is 15.8. The third-order valence-electron chi connectivity index (χ3n) is 6.40. The normalized spacial score (nSPS) is 16.6. The lowest BCUT2D eigenvalue weighted by Crippen LogP contribution is -2.37. The Hall–Kier alpha value is -3.49. The van der Waals surface area contributed by atoms with Crippen molar-refractivity contribution in [3.05, 3.63) is 75.0 Å². The van der Waals surface area contributed by atoms with Crippen LogP contribution in [0.1, 0.15) is 46.3 Å². The predicted octanol–water partition coefficient (Wildman–Crippen LogP) is 5.30. The first kappa shape index (κ1) is 26.6. The highest BCUT2D eigenvalue weighted by Gasteiger charge is 2.40. The SMILES string of the molecule is CCn1cc(-c2c(F)cccc2[C@@H]2CN(C(=O)/C=C/[C@H](C)NC)Cc3sc(C#N)cc32)c(C(F)(F)F)n1. The monoisotopic (exact) mass is 531 g/mol. The zero-order valence-electron chi connectivity index (χ0n) is 20.4. The Bertz CT molecular complexity index is 1380. The Kier molecular flexibility index (Phi) is 7.52. The van der Waals surface area contributed by atoms with Crippen molar-refractivity contribution < 1.29 is 22.4 Å². The van der Waals surface area contributed by atoms with E-state index in [0.29, 0.717) is 16.0 Å². The molecule has 0 aliphatic carbocycles. The fourth-order valence-electron chi connectivity index (χ4n) is 4.43. The van der Waals surface area contributed by atoms with Crippen molar-refractivity contribution in [2.45, 2.75) is 45.1 Å². The zero-order chi connectivity index (χ0) is 26.9. The van der Waals surface area contributed by atoms with E-state index in [2.05, 4.69) is 16.5 Å². The number of hydrogen-bond acceptors (Lipinski definition) is 5. The largest absolute Gasteiger partial charge is 0.435 e. The van der Waals surface area contributed by atoms with Crippen molar-refractivity contribution in [3.8, 4) is 17.2 Å². The van der Waals surface area contributed by atoms with E-state index in [1.54, 1.807) is 37.1 Å². The van der Waals surface area contributed by atoms with Crippen molar-refractivity contribution in [2.75, 3.05) is 13.6 Å².